The molecular weight excluding hydrogens is 268 g/mol. The van der Waals surface area contributed by atoms with Crippen LogP contribution in [0.15, 0.2) is 59.4 Å². The van der Waals surface area contributed by atoms with Crippen LogP contribution in [-0.2, 0) is 9.68 Å². The molecule has 0 N–H and O–H groups in total. The average molecular weight is 284 g/mol. The monoisotopic (exact) mass is 284 g/mol. The van der Waals surface area contributed by atoms with Crippen LogP contribution in [0.2, 0.25) is 0 Å². The Morgan fingerprint density at radius 3 is 1.62 bits per heavy atom. The van der Waals surface area contributed by atoms with Crippen molar-refractivity contribution < 1.29 is 9.68 Å². The van der Waals surface area contributed by atoms with Crippen molar-refractivity contribution in [2.45, 2.75) is 6.42 Å². The lowest BCUT2D eigenvalue weighted by molar-refractivity contribution is 0.0914. The van der Waals surface area contributed by atoms with Crippen LogP contribution in [-0.4, -0.2) is 35.6 Å². The van der Waals surface area contributed by atoms with Gasteiger partial charge in [0.2, 0.25) is 0 Å². The van der Waals surface area contributed by atoms with Gasteiger partial charge in [0.05, 0.1) is 12.4 Å². The third kappa shape index (κ3) is 6.29. The third-order valence-corrected chi connectivity index (χ3v) is 2.44. The van der Waals surface area contributed by atoms with Crippen molar-refractivity contribution in [3.8, 4) is 0 Å². The van der Waals surface area contributed by atoms with Crippen molar-refractivity contribution >= 4 is 12.4 Å². The van der Waals surface area contributed by atoms with Crippen molar-refractivity contribution in [3.05, 3.63) is 60.2 Å². The molecule has 0 spiro atoms. The first-order chi connectivity index (χ1) is 10.4. The van der Waals surface area contributed by atoms with Crippen molar-refractivity contribution in [3.63, 3.8) is 0 Å². The van der Waals surface area contributed by atoms with Crippen molar-refractivity contribution in [1.82, 2.24) is 9.97 Å². The van der Waals surface area contributed by atoms with E-state index in [1.807, 2.05) is 24.3 Å². The molecular formula is C15H16N4O2. The van der Waals surface area contributed by atoms with E-state index in [-0.39, 0.29) is 0 Å². The largest absolute Gasteiger partial charge is 0.396 e. The molecule has 0 saturated heterocycles. The van der Waals surface area contributed by atoms with Gasteiger partial charge in [0.1, 0.15) is 13.2 Å². The minimum atomic E-state index is 0.479. The molecule has 0 aromatic carbocycles. The Morgan fingerprint density at radius 1 is 0.762 bits per heavy atom. The van der Waals surface area contributed by atoms with Gasteiger partial charge in [0, 0.05) is 31.2 Å². The third-order valence-electron chi connectivity index (χ3n) is 2.44. The highest BCUT2D eigenvalue weighted by molar-refractivity contribution is 5.79. The Balaban J connectivity index is 1.52. The van der Waals surface area contributed by atoms with E-state index < -0.39 is 0 Å². The van der Waals surface area contributed by atoms with Crippen LogP contribution >= 0.6 is 0 Å². The maximum absolute atomic E-state index is 5.11. The van der Waals surface area contributed by atoms with Gasteiger partial charge in [0.15, 0.2) is 0 Å². The van der Waals surface area contributed by atoms with E-state index in [2.05, 4.69) is 20.3 Å². The average Bonchev–Trinajstić information content (AvgIpc) is 2.55. The zero-order valence-electron chi connectivity index (χ0n) is 11.5. The van der Waals surface area contributed by atoms with E-state index >= 15 is 0 Å². The number of hydrogen-bond acceptors (Lipinski definition) is 6. The highest BCUT2D eigenvalue weighted by atomic mass is 16.6. The molecule has 0 aliphatic heterocycles. The Labute approximate surface area is 123 Å². The molecule has 0 amide bonds. The molecule has 0 saturated carbocycles. The van der Waals surface area contributed by atoms with Gasteiger partial charge >= 0.3 is 0 Å². The first-order valence-electron chi connectivity index (χ1n) is 6.56. The Morgan fingerprint density at radius 2 is 1.19 bits per heavy atom. The Hall–Kier alpha value is -2.76. The fraction of sp³-hybridized carbons (Fsp3) is 0.200. The normalized spacial score (nSPS) is 11.0. The van der Waals surface area contributed by atoms with Crippen molar-refractivity contribution in [2.24, 2.45) is 10.3 Å². The van der Waals surface area contributed by atoms with Gasteiger partial charge in [-0.25, -0.2) is 0 Å². The summed E-state index contributed by atoms with van der Waals surface area (Å²) in [7, 11) is 0. The van der Waals surface area contributed by atoms with Gasteiger partial charge in [-0.1, -0.05) is 10.3 Å². The fourth-order valence-electron chi connectivity index (χ4n) is 1.39. The maximum atomic E-state index is 5.11. The number of hydrogen-bond donors (Lipinski definition) is 0. The van der Waals surface area contributed by atoms with Gasteiger partial charge in [-0.15, -0.1) is 0 Å². The second kappa shape index (κ2) is 9.19. The first kappa shape index (κ1) is 14.6. The zero-order chi connectivity index (χ0) is 14.6. The van der Waals surface area contributed by atoms with Crippen LogP contribution in [0.25, 0.3) is 0 Å². The maximum Gasteiger partial charge on any atom is 0.120 e. The highest BCUT2D eigenvalue weighted by Crippen LogP contribution is 1.94. The van der Waals surface area contributed by atoms with Gasteiger partial charge in [-0.3, -0.25) is 9.97 Å². The second-order valence-corrected chi connectivity index (χ2v) is 4.05. The van der Waals surface area contributed by atoms with Crippen LogP contribution in [0, 0.1) is 0 Å². The van der Waals surface area contributed by atoms with Crippen LogP contribution in [0.5, 0.6) is 0 Å². The number of oxime groups is 2. The summed E-state index contributed by atoms with van der Waals surface area (Å²) in [4.78, 5) is 18.1. The smallest absolute Gasteiger partial charge is 0.120 e. The Bertz CT molecular complexity index is 507. The predicted octanol–water partition coefficient (Wildman–Crippen LogP) is 2.27. The lowest BCUT2D eigenvalue weighted by Crippen LogP contribution is -1.95. The van der Waals surface area contributed by atoms with Gasteiger partial charge < -0.3 is 9.68 Å². The molecule has 2 aromatic heterocycles. The number of aromatic nitrogens is 2. The molecule has 6 nitrogen and oxygen atoms in total. The predicted molar refractivity (Wildman–Crippen MR) is 80.2 cm³/mol. The highest BCUT2D eigenvalue weighted by Gasteiger charge is 1.89. The SMILES string of the molecule is C(=N/OCCCO/N=C\c1ccncc1)/c1ccncc1. The van der Waals surface area contributed by atoms with E-state index in [1.165, 1.54) is 0 Å². The van der Waals surface area contributed by atoms with E-state index in [0.29, 0.717) is 19.6 Å². The lowest BCUT2D eigenvalue weighted by Gasteiger charge is -1.99. The van der Waals surface area contributed by atoms with Gasteiger partial charge in [0.25, 0.3) is 0 Å². The summed E-state index contributed by atoms with van der Waals surface area (Å²) >= 11 is 0. The molecule has 108 valence electrons. The molecule has 2 aromatic rings. The molecule has 0 atom stereocenters. The quantitative estimate of drug-likeness (QED) is 0.423. The lowest BCUT2D eigenvalue weighted by atomic mass is 10.3. The number of pyridine rings is 2. The fourth-order valence-corrected chi connectivity index (χ4v) is 1.39. The molecule has 6 heteroatoms. The minimum absolute atomic E-state index is 0.479. The first-order valence-corrected chi connectivity index (χ1v) is 6.56. The van der Waals surface area contributed by atoms with Crippen LogP contribution in [0.4, 0.5) is 0 Å². The molecule has 0 unspecified atom stereocenters. The number of nitrogens with zero attached hydrogens (tertiary/aromatic N) is 4. The minimum Gasteiger partial charge on any atom is -0.396 e. The summed E-state index contributed by atoms with van der Waals surface area (Å²) < 4.78 is 0. The van der Waals surface area contributed by atoms with E-state index in [4.69, 9.17) is 9.68 Å². The van der Waals surface area contributed by atoms with E-state index in [1.54, 1.807) is 37.2 Å². The van der Waals surface area contributed by atoms with E-state index in [0.717, 1.165) is 11.1 Å². The summed E-state index contributed by atoms with van der Waals surface area (Å²) in [5.41, 5.74) is 1.89. The molecule has 2 rings (SSSR count). The molecule has 0 radical (unpaired) electrons. The van der Waals surface area contributed by atoms with Crippen LogP contribution in [0.1, 0.15) is 17.5 Å². The molecule has 0 bridgehead atoms. The summed E-state index contributed by atoms with van der Waals surface area (Å²) in [5, 5.41) is 7.71. The Kier molecular flexibility index (Phi) is 6.41. The van der Waals surface area contributed by atoms with E-state index in [9.17, 15) is 0 Å². The van der Waals surface area contributed by atoms with Crippen molar-refractivity contribution in [1.29, 1.82) is 0 Å². The zero-order valence-corrected chi connectivity index (χ0v) is 11.5. The molecule has 2 heterocycles. The summed E-state index contributed by atoms with van der Waals surface area (Å²) in [6.07, 6.45) is 10.8. The molecule has 21 heavy (non-hydrogen) atoms. The van der Waals surface area contributed by atoms with Crippen LogP contribution < -0.4 is 0 Å². The van der Waals surface area contributed by atoms with Crippen molar-refractivity contribution in [2.75, 3.05) is 13.2 Å². The molecule has 0 aliphatic rings. The summed E-state index contributed by atoms with van der Waals surface area (Å²) in [6.45, 7) is 0.957. The van der Waals surface area contributed by atoms with Gasteiger partial charge in [-0.2, -0.15) is 0 Å². The summed E-state index contributed by atoms with van der Waals surface area (Å²) in [5.74, 6) is 0. The number of rotatable bonds is 8. The summed E-state index contributed by atoms with van der Waals surface area (Å²) in [6, 6.07) is 7.40. The topological polar surface area (TPSA) is 69.0 Å². The van der Waals surface area contributed by atoms with Crippen LogP contribution in [0.3, 0.4) is 0 Å². The van der Waals surface area contributed by atoms with Gasteiger partial charge in [-0.05, 0) is 35.4 Å². The second-order valence-electron chi connectivity index (χ2n) is 4.05. The molecule has 0 fully saturated rings. The standard InChI is InChI=1S/C15H16N4O2/c1(10-20-18-12-14-2-6-16-7-3-14)11-21-19-13-15-4-8-17-9-5-15/h2-9,12-13H,1,10-11H2/b18-12-,19-13-. The molecule has 0 aliphatic carbocycles.